The van der Waals surface area contributed by atoms with Gasteiger partial charge in [-0.15, -0.1) is 0 Å². The molecule has 2 aromatic rings. The number of likely N-dealkylation sites (N-methyl/N-ethyl adjacent to an activating group) is 1. The van der Waals surface area contributed by atoms with E-state index >= 15 is 0 Å². The van der Waals surface area contributed by atoms with E-state index in [1.54, 1.807) is 38.4 Å². The van der Waals surface area contributed by atoms with Gasteiger partial charge in [0.15, 0.2) is 16.7 Å². The van der Waals surface area contributed by atoms with Crippen LogP contribution in [-0.4, -0.2) is 47.8 Å². The van der Waals surface area contributed by atoms with Crippen molar-refractivity contribution in [3.8, 4) is 11.5 Å². The molecule has 1 heterocycles. The molecule has 7 nitrogen and oxygen atoms in total. The lowest BCUT2D eigenvalue weighted by Gasteiger charge is -2.11. The Labute approximate surface area is 186 Å². The van der Waals surface area contributed by atoms with E-state index in [0.29, 0.717) is 33.9 Å². The van der Waals surface area contributed by atoms with Gasteiger partial charge in [-0.3, -0.25) is 9.69 Å². The highest BCUT2D eigenvalue weighted by atomic mass is 79.9. The maximum atomic E-state index is 12.7. The van der Waals surface area contributed by atoms with Crippen molar-refractivity contribution >= 4 is 56.5 Å². The molecule has 2 aromatic carbocycles. The molecule has 9 heteroatoms. The second-order valence-electron chi connectivity index (χ2n) is 6.18. The third-order valence-corrected chi connectivity index (χ3v) is 5.96. The molecule has 1 aliphatic heterocycles. The van der Waals surface area contributed by atoms with Gasteiger partial charge < -0.3 is 14.6 Å². The summed E-state index contributed by atoms with van der Waals surface area (Å²) in [5.74, 6) is 0.00625. The molecule has 0 saturated carbocycles. The standard InChI is InChI=1S/C21H19BrN2O5S/c1-4-29-17-9-13(15(22)11-16(17)28-3)10-18-19(25)24(2)21(30-18)23-14-7-5-12(6-8-14)20(26)27/h5-11H,4H2,1-3H3,(H,26,27). The summed E-state index contributed by atoms with van der Waals surface area (Å²) in [4.78, 5) is 30.1. The van der Waals surface area contributed by atoms with E-state index < -0.39 is 5.97 Å². The second kappa shape index (κ2) is 9.36. The largest absolute Gasteiger partial charge is 0.493 e. The summed E-state index contributed by atoms with van der Waals surface area (Å²) >= 11 is 4.75. The minimum Gasteiger partial charge on any atom is -0.493 e. The number of ether oxygens (including phenoxy) is 2. The van der Waals surface area contributed by atoms with Gasteiger partial charge in [0, 0.05) is 11.5 Å². The Kier molecular flexibility index (Phi) is 6.84. The Morgan fingerprint density at radius 1 is 1.27 bits per heavy atom. The Hall–Kier alpha value is -2.78. The van der Waals surface area contributed by atoms with Crippen molar-refractivity contribution in [3.05, 3.63) is 56.9 Å². The molecule has 1 fully saturated rings. The van der Waals surface area contributed by atoms with Crippen LogP contribution in [0.25, 0.3) is 6.08 Å². The number of nitrogens with zero attached hydrogens (tertiary/aromatic N) is 2. The van der Waals surface area contributed by atoms with Crippen molar-refractivity contribution in [1.82, 2.24) is 4.90 Å². The maximum Gasteiger partial charge on any atom is 0.335 e. The van der Waals surface area contributed by atoms with Gasteiger partial charge in [0.1, 0.15) is 0 Å². The van der Waals surface area contributed by atoms with Crippen LogP contribution in [0.15, 0.2) is 50.8 Å². The number of hydrogen-bond acceptors (Lipinski definition) is 6. The maximum absolute atomic E-state index is 12.7. The summed E-state index contributed by atoms with van der Waals surface area (Å²) < 4.78 is 11.7. The first-order valence-electron chi connectivity index (χ1n) is 8.94. The predicted octanol–water partition coefficient (Wildman–Crippen LogP) is 4.79. The number of aromatic carboxylic acids is 1. The Balaban J connectivity index is 1.91. The van der Waals surface area contributed by atoms with Crippen molar-refractivity contribution in [3.63, 3.8) is 0 Å². The first-order chi connectivity index (χ1) is 14.3. The molecule has 30 heavy (non-hydrogen) atoms. The molecule has 0 aliphatic carbocycles. The summed E-state index contributed by atoms with van der Waals surface area (Å²) in [5, 5.41) is 9.50. The minimum atomic E-state index is -1.00. The van der Waals surface area contributed by atoms with Gasteiger partial charge in [0.25, 0.3) is 5.91 Å². The molecule has 0 bridgehead atoms. The number of halogens is 1. The summed E-state index contributed by atoms with van der Waals surface area (Å²) in [6, 6.07) is 9.77. The molecule has 1 amide bonds. The fraction of sp³-hybridized carbons (Fsp3) is 0.190. The van der Waals surface area contributed by atoms with Gasteiger partial charge >= 0.3 is 5.97 Å². The molecule has 1 aliphatic rings. The van der Waals surface area contributed by atoms with Crippen LogP contribution >= 0.6 is 27.7 Å². The molecule has 1 N–H and O–H groups in total. The van der Waals surface area contributed by atoms with Crippen LogP contribution in [0.1, 0.15) is 22.8 Å². The van der Waals surface area contributed by atoms with Gasteiger partial charge in [-0.1, -0.05) is 15.9 Å². The van der Waals surface area contributed by atoms with E-state index in [0.717, 1.165) is 10.0 Å². The number of amides is 1. The van der Waals surface area contributed by atoms with Gasteiger partial charge in [-0.25, -0.2) is 9.79 Å². The quantitative estimate of drug-likeness (QED) is 0.585. The number of aliphatic imine (C=N–C) groups is 1. The number of rotatable bonds is 6. The number of amidine groups is 1. The lowest BCUT2D eigenvalue weighted by Crippen LogP contribution is -2.23. The average Bonchev–Trinajstić information content (AvgIpc) is 2.98. The van der Waals surface area contributed by atoms with E-state index in [1.165, 1.54) is 28.8 Å². The Morgan fingerprint density at radius 3 is 2.57 bits per heavy atom. The van der Waals surface area contributed by atoms with Crippen molar-refractivity contribution in [2.45, 2.75) is 6.92 Å². The summed E-state index contributed by atoms with van der Waals surface area (Å²) in [6.45, 7) is 2.37. The first-order valence-corrected chi connectivity index (χ1v) is 10.5. The van der Waals surface area contributed by atoms with Crippen LogP contribution in [0.4, 0.5) is 5.69 Å². The molecule has 3 rings (SSSR count). The SMILES string of the molecule is CCOc1cc(C=C2SC(=Nc3ccc(C(=O)O)cc3)N(C)C2=O)c(Br)cc1OC. The zero-order valence-electron chi connectivity index (χ0n) is 16.5. The summed E-state index contributed by atoms with van der Waals surface area (Å²) in [7, 11) is 3.22. The first kappa shape index (κ1) is 21.9. The lowest BCUT2D eigenvalue weighted by molar-refractivity contribution is -0.121. The topological polar surface area (TPSA) is 88.4 Å². The fourth-order valence-corrected chi connectivity index (χ4v) is 4.09. The number of hydrogen-bond donors (Lipinski definition) is 1. The molecular weight excluding hydrogens is 472 g/mol. The van der Waals surface area contributed by atoms with Crippen molar-refractivity contribution < 1.29 is 24.2 Å². The number of methoxy groups -OCH3 is 1. The van der Waals surface area contributed by atoms with E-state index in [1.807, 2.05) is 13.0 Å². The third-order valence-electron chi connectivity index (χ3n) is 4.21. The van der Waals surface area contributed by atoms with E-state index in [-0.39, 0.29) is 11.5 Å². The highest BCUT2D eigenvalue weighted by Gasteiger charge is 2.30. The van der Waals surface area contributed by atoms with Gasteiger partial charge in [0.05, 0.1) is 29.9 Å². The molecule has 1 saturated heterocycles. The van der Waals surface area contributed by atoms with Crippen LogP contribution in [0.3, 0.4) is 0 Å². The molecule has 0 aromatic heterocycles. The predicted molar refractivity (Wildman–Crippen MR) is 121 cm³/mol. The number of carboxylic acids is 1. The second-order valence-corrected chi connectivity index (χ2v) is 8.04. The Bertz CT molecular complexity index is 1050. The van der Waals surface area contributed by atoms with Gasteiger partial charge in [-0.05, 0) is 66.7 Å². The van der Waals surface area contributed by atoms with E-state index in [9.17, 15) is 9.59 Å². The van der Waals surface area contributed by atoms with E-state index in [2.05, 4.69) is 20.9 Å². The highest BCUT2D eigenvalue weighted by Crippen LogP contribution is 2.38. The van der Waals surface area contributed by atoms with Crippen molar-refractivity contribution in [2.24, 2.45) is 4.99 Å². The summed E-state index contributed by atoms with van der Waals surface area (Å²) in [5.41, 5.74) is 1.51. The van der Waals surface area contributed by atoms with Crippen LogP contribution in [0.2, 0.25) is 0 Å². The number of carboxylic acid groups (broad SMARTS) is 1. The summed E-state index contributed by atoms with van der Waals surface area (Å²) in [6.07, 6.45) is 1.77. The van der Waals surface area contributed by atoms with Crippen LogP contribution in [0.5, 0.6) is 11.5 Å². The van der Waals surface area contributed by atoms with Crippen LogP contribution < -0.4 is 9.47 Å². The third kappa shape index (κ3) is 4.68. The zero-order valence-corrected chi connectivity index (χ0v) is 18.9. The zero-order chi connectivity index (χ0) is 21.8. The van der Waals surface area contributed by atoms with Crippen LogP contribution in [0, 0.1) is 0 Å². The molecule has 156 valence electrons. The fourth-order valence-electron chi connectivity index (χ4n) is 2.67. The minimum absolute atomic E-state index is 0.178. The van der Waals surface area contributed by atoms with Gasteiger partial charge in [0.2, 0.25) is 0 Å². The number of carbonyl (C=O) groups is 2. The van der Waals surface area contributed by atoms with Crippen molar-refractivity contribution in [2.75, 3.05) is 20.8 Å². The number of benzene rings is 2. The smallest absolute Gasteiger partial charge is 0.335 e. The van der Waals surface area contributed by atoms with E-state index in [4.69, 9.17) is 14.6 Å². The monoisotopic (exact) mass is 490 g/mol. The molecule has 0 atom stereocenters. The molecular formula is C21H19BrN2O5S. The van der Waals surface area contributed by atoms with Crippen molar-refractivity contribution in [1.29, 1.82) is 0 Å². The highest BCUT2D eigenvalue weighted by molar-refractivity contribution is 9.10. The Morgan fingerprint density at radius 2 is 1.97 bits per heavy atom. The molecule has 0 unspecified atom stereocenters. The lowest BCUT2D eigenvalue weighted by atomic mass is 10.2. The van der Waals surface area contributed by atoms with Crippen LogP contribution in [-0.2, 0) is 4.79 Å². The van der Waals surface area contributed by atoms with Gasteiger partial charge in [-0.2, -0.15) is 0 Å². The number of thioether (sulfide) groups is 1. The number of carbonyl (C=O) groups excluding carboxylic acids is 1. The molecule has 0 spiro atoms. The molecule has 0 radical (unpaired) electrons. The average molecular weight is 491 g/mol. The normalized spacial score (nSPS) is 16.4.